The minimum Gasteiger partial charge on any atom is -0.452 e. The number of benzene rings is 1. The number of esters is 1. The number of anilines is 1. The van der Waals surface area contributed by atoms with Gasteiger partial charge in [-0.1, -0.05) is 0 Å². The van der Waals surface area contributed by atoms with Crippen molar-refractivity contribution in [2.24, 2.45) is 0 Å². The highest BCUT2D eigenvalue weighted by Crippen LogP contribution is 2.18. The summed E-state index contributed by atoms with van der Waals surface area (Å²) in [6.45, 7) is -1.44. The van der Waals surface area contributed by atoms with Crippen molar-refractivity contribution in [3.63, 3.8) is 0 Å². The number of rotatable bonds is 7. The normalized spacial score (nSPS) is 10.9. The molecule has 1 heterocycles. The van der Waals surface area contributed by atoms with Gasteiger partial charge >= 0.3 is 12.6 Å². The summed E-state index contributed by atoms with van der Waals surface area (Å²) in [5.41, 5.74) is 1.42. The molecule has 132 valence electrons. The van der Waals surface area contributed by atoms with Crippen molar-refractivity contribution in [2.75, 3.05) is 11.9 Å². The third-order valence-corrected chi connectivity index (χ3v) is 3.97. The van der Waals surface area contributed by atoms with Gasteiger partial charge in [-0.15, -0.1) is 11.3 Å². The van der Waals surface area contributed by atoms with E-state index in [0.29, 0.717) is 5.69 Å². The minimum absolute atomic E-state index is 0.0200. The van der Waals surface area contributed by atoms with Crippen LogP contribution in [0.3, 0.4) is 0 Å². The molecule has 1 N–H and O–H groups in total. The Bertz CT molecular complexity index is 756. The number of carbonyl (C=O) groups is 2. The monoisotopic (exact) mass is 367 g/mol. The van der Waals surface area contributed by atoms with Gasteiger partial charge in [0.05, 0.1) is 0 Å². The van der Waals surface area contributed by atoms with Crippen LogP contribution in [0, 0.1) is 6.92 Å². The first-order valence-corrected chi connectivity index (χ1v) is 8.05. The van der Waals surface area contributed by atoms with E-state index >= 15 is 0 Å². The van der Waals surface area contributed by atoms with Crippen LogP contribution in [0.15, 0.2) is 41.8 Å². The molecule has 25 heavy (non-hydrogen) atoms. The summed E-state index contributed by atoms with van der Waals surface area (Å²) in [7, 11) is 0. The Balaban J connectivity index is 1.77. The summed E-state index contributed by atoms with van der Waals surface area (Å²) in [6.07, 6.45) is 2.88. The topological polar surface area (TPSA) is 64.6 Å². The molecular formula is C17H15F2NO4S. The number of aryl methyl sites for hydroxylation is 1. The lowest BCUT2D eigenvalue weighted by molar-refractivity contribution is -0.142. The van der Waals surface area contributed by atoms with Gasteiger partial charge in [0.15, 0.2) is 6.61 Å². The zero-order chi connectivity index (χ0) is 18.2. The van der Waals surface area contributed by atoms with Crippen molar-refractivity contribution in [1.29, 1.82) is 0 Å². The van der Waals surface area contributed by atoms with Gasteiger partial charge in [0, 0.05) is 16.6 Å². The summed E-state index contributed by atoms with van der Waals surface area (Å²) in [5, 5.41) is 4.38. The number of alkyl halides is 2. The number of amides is 1. The first kappa shape index (κ1) is 18.6. The highest BCUT2D eigenvalue weighted by atomic mass is 32.1. The van der Waals surface area contributed by atoms with E-state index < -0.39 is 25.1 Å². The molecule has 1 amide bonds. The zero-order valence-corrected chi connectivity index (χ0v) is 14.0. The van der Waals surface area contributed by atoms with Crippen LogP contribution in [0.25, 0.3) is 6.08 Å². The Labute approximate surface area is 146 Å². The highest BCUT2D eigenvalue weighted by Gasteiger charge is 2.07. The molecule has 0 atom stereocenters. The average Bonchev–Trinajstić information content (AvgIpc) is 2.97. The Morgan fingerprint density at radius 2 is 1.96 bits per heavy atom. The summed E-state index contributed by atoms with van der Waals surface area (Å²) in [4.78, 5) is 24.2. The summed E-state index contributed by atoms with van der Waals surface area (Å²) in [6, 6.07) is 7.31. The third kappa shape index (κ3) is 6.34. The molecule has 0 fully saturated rings. The predicted octanol–water partition coefficient (Wildman–Crippen LogP) is 3.85. The third-order valence-electron chi connectivity index (χ3n) is 2.98. The van der Waals surface area contributed by atoms with Crippen molar-refractivity contribution >= 4 is 35.0 Å². The second-order valence-electron chi connectivity index (χ2n) is 4.86. The largest absolute Gasteiger partial charge is 0.452 e. The Kier molecular flexibility index (Phi) is 6.64. The lowest BCUT2D eigenvalue weighted by Crippen LogP contribution is -2.20. The highest BCUT2D eigenvalue weighted by molar-refractivity contribution is 7.11. The molecule has 0 aliphatic heterocycles. The van der Waals surface area contributed by atoms with Crippen LogP contribution < -0.4 is 10.1 Å². The molecule has 0 saturated heterocycles. The Hall–Kier alpha value is -2.74. The fourth-order valence-electron chi connectivity index (χ4n) is 1.80. The van der Waals surface area contributed by atoms with Gasteiger partial charge in [-0.3, -0.25) is 4.79 Å². The molecule has 0 bridgehead atoms. The molecule has 1 aromatic heterocycles. The van der Waals surface area contributed by atoms with Gasteiger partial charge in [-0.2, -0.15) is 8.78 Å². The minimum atomic E-state index is -2.91. The van der Waals surface area contributed by atoms with E-state index in [1.807, 2.05) is 18.4 Å². The second-order valence-corrected chi connectivity index (χ2v) is 5.81. The maximum Gasteiger partial charge on any atom is 0.387 e. The van der Waals surface area contributed by atoms with Crippen molar-refractivity contribution in [1.82, 2.24) is 0 Å². The van der Waals surface area contributed by atoms with E-state index in [1.54, 1.807) is 6.08 Å². The summed E-state index contributed by atoms with van der Waals surface area (Å²) in [5.74, 6) is -1.20. The molecule has 0 unspecified atom stereocenters. The SMILES string of the molecule is Cc1ccsc1/C=C/C(=O)OCC(=O)Nc1ccc(OC(F)F)cc1. The molecule has 0 aliphatic carbocycles. The van der Waals surface area contributed by atoms with E-state index in [4.69, 9.17) is 4.74 Å². The van der Waals surface area contributed by atoms with E-state index in [0.717, 1.165) is 10.4 Å². The summed E-state index contributed by atoms with van der Waals surface area (Å²) < 4.78 is 33.1. The second kappa shape index (κ2) is 8.93. The molecular weight excluding hydrogens is 352 g/mol. The maximum atomic E-state index is 12.0. The molecule has 0 aliphatic rings. The van der Waals surface area contributed by atoms with Crippen LogP contribution in [-0.4, -0.2) is 25.1 Å². The van der Waals surface area contributed by atoms with Gasteiger partial charge < -0.3 is 14.8 Å². The van der Waals surface area contributed by atoms with Gasteiger partial charge in [-0.05, 0) is 54.3 Å². The van der Waals surface area contributed by atoms with E-state index in [9.17, 15) is 18.4 Å². The van der Waals surface area contributed by atoms with Crippen LogP contribution in [0.1, 0.15) is 10.4 Å². The van der Waals surface area contributed by atoms with Crippen LogP contribution >= 0.6 is 11.3 Å². The average molecular weight is 367 g/mol. The Morgan fingerprint density at radius 1 is 1.24 bits per heavy atom. The number of hydrogen-bond acceptors (Lipinski definition) is 5. The molecule has 8 heteroatoms. The molecule has 0 radical (unpaired) electrons. The maximum absolute atomic E-state index is 12.0. The number of thiophene rings is 1. The van der Waals surface area contributed by atoms with Crippen molar-refractivity contribution < 1.29 is 27.8 Å². The lowest BCUT2D eigenvalue weighted by Gasteiger charge is -2.07. The predicted molar refractivity (Wildman–Crippen MR) is 90.8 cm³/mol. The smallest absolute Gasteiger partial charge is 0.387 e. The Morgan fingerprint density at radius 3 is 2.56 bits per heavy atom. The molecule has 2 aromatic rings. The fourth-order valence-corrected chi connectivity index (χ4v) is 2.62. The van der Waals surface area contributed by atoms with Crippen molar-refractivity contribution in [3.8, 4) is 5.75 Å². The van der Waals surface area contributed by atoms with Crippen LogP contribution in [0.5, 0.6) is 5.75 Å². The molecule has 0 saturated carbocycles. The van der Waals surface area contributed by atoms with Crippen molar-refractivity contribution in [3.05, 3.63) is 52.2 Å². The number of hydrogen-bond donors (Lipinski definition) is 1. The lowest BCUT2D eigenvalue weighted by atomic mass is 10.3. The molecule has 5 nitrogen and oxygen atoms in total. The molecule has 0 spiro atoms. The van der Waals surface area contributed by atoms with Crippen molar-refractivity contribution in [2.45, 2.75) is 13.5 Å². The standard InChI is InChI=1S/C17H15F2NO4S/c1-11-8-9-25-14(11)6-7-16(22)23-10-15(21)20-12-2-4-13(5-3-12)24-17(18)19/h2-9,17H,10H2,1H3,(H,20,21)/b7-6+. The van der Waals surface area contributed by atoms with E-state index in [-0.39, 0.29) is 5.75 Å². The molecule has 1 aromatic carbocycles. The quantitative estimate of drug-likeness (QED) is 0.596. The number of carbonyl (C=O) groups excluding carboxylic acids is 2. The van der Waals surface area contributed by atoms with Crippen LogP contribution in [0.2, 0.25) is 0 Å². The van der Waals surface area contributed by atoms with E-state index in [2.05, 4.69) is 10.1 Å². The first-order chi connectivity index (χ1) is 11.9. The van der Waals surface area contributed by atoms with Gasteiger partial charge in [0.2, 0.25) is 0 Å². The van der Waals surface area contributed by atoms with Crippen LogP contribution in [-0.2, 0) is 14.3 Å². The zero-order valence-electron chi connectivity index (χ0n) is 13.2. The summed E-state index contributed by atoms with van der Waals surface area (Å²) >= 11 is 1.49. The van der Waals surface area contributed by atoms with Crippen LogP contribution in [0.4, 0.5) is 14.5 Å². The number of halogens is 2. The van der Waals surface area contributed by atoms with E-state index in [1.165, 1.54) is 41.7 Å². The fraction of sp³-hybridized carbons (Fsp3) is 0.176. The van der Waals surface area contributed by atoms with Gasteiger partial charge in [0.25, 0.3) is 5.91 Å². The van der Waals surface area contributed by atoms with Gasteiger partial charge in [0.1, 0.15) is 5.75 Å². The molecule has 2 rings (SSSR count). The first-order valence-electron chi connectivity index (χ1n) is 7.17. The number of nitrogens with one attached hydrogen (secondary N) is 1. The number of ether oxygens (including phenoxy) is 2. The van der Waals surface area contributed by atoms with Gasteiger partial charge in [-0.25, -0.2) is 4.79 Å².